The minimum absolute atomic E-state index is 0.236. The molecule has 0 amide bonds. The molecule has 0 aromatic rings. The lowest BCUT2D eigenvalue weighted by atomic mass is 9.98. The lowest BCUT2D eigenvalue weighted by Gasteiger charge is -2.36. The van der Waals surface area contributed by atoms with Crippen LogP contribution in [-0.2, 0) is 10.2 Å². The molecule has 2 fully saturated rings. The predicted molar refractivity (Wildman–Crippen MR) is 86.4 cm³/mol. The van der Waals surface area contributed by atoms with Crippen LogP contribution in [0.1, 0.15) is 52.4 Å². The molecule has 1 saturated heterocycles. The molecule has 5 nitrogen and oxygen atoms in total. The summed E-state index contributed by atoms with van der Waals surface area (Å²) in [5.41, 5.74) is 0. The molecule has 0 bridgehead atoms. The zero-order valence-corrected chi connectivity index (χ0v) is 14.4. The normalized spacial score (nSPS) is 23.2. The van der Waals surface area contributed by atoms with Crippen LogP contribution in [0.25, 0.3) is 0 Å². The van der Waals surface area contributed by atoms with E-state index in [9.17, 15) is 8.42 Å². The van der Waals surface area contributed by atoms with Crippen molar-refractivity contribution in [3.8, 4) is 0 Å². The van der Waals surface area contributed by atoms with E-state index in [1.54, 1.807) is 8.61 Å². The maximum Gasteiger partial charge on any atom is 0.282 e. The summed E-state index contributed by atoms with van der Waals surface area (Å²) in [5, 5.41) is 3.37. The smallest absolute Gasteiger partial charge is 0.282 e. The molecule has 0 aromatic heterocycles. The highest BCUT2D eigenvalue weighted by atomic mass is 32.2. The predicted octanol–water partition coefficient (Wildman–Crippen LogP) is 1.82. The highest BCUT2D eigenvalue weighted by molar-refractivity contribution is 7.86. The minimum atomic E-state index is -3.26. The fourth-order valence-corrected chi connectivity index (χ4v) is 5.53. The number of rotatable bonds is 7. The molecular formula is C15H31N3O2S. The van der Waals surface area contributed by atoms with E-state index < -0.39 is 10.2 Å². The van der Waals surface area contributed by atoms with Crippen molar-refractivity contribution >= 4 is 10.2 Å². The number of nitrogens with one attached hydrogen (secondary N) is 1. The van der Waals surface area contributed by atoms with Crippen LogP contribution in [0, 0.1) is 5.92 Å². The first-order valence-corrected chi connectivity index (χ1v) is 9.96. The van der Waals surface area contributed by atoms with Gasteiger partial charge in [-0.1, -0.05) is 26.7 Å². The van der Waals surface area contributed by atoms with Crippen molar-refractivity contribution in [2.75, 3.05) is 32.7 Å². The summed E-state index contributed by atoms with van der Waals surface area (Å²) in [4.78, 5) is 0. The maximum atomic E-state index is 12.9. The van der Waals surface area contributed by atoms with Crippen molar-refractivity contribution in [1.82, 2.24) is 13.9 Å². The fraction of sp³-hybridized carbons (Fsp3) is 1.00. The fourth-order valence-electron chi connectivity index (χ4n) is 3.64. The van der Waals surface area contributed by atoms with E-state index in [1.165, 1.54) is 12.8 Å². The Kier molecular flexibility index (Phi) is 6.47. The van der Waals surface area contributed by atoms with Gasteiger partial charge in [0.25, 0.3) is 10.2 Å². The average molecular weight is 317 g/mol. The number of hydrogen-bond acceptors (Lipinski definition) is 3. The van der Waals surface area contributed by atoms with Gasteiger partial charge >= 0.3 is 0 Å². The molecule has 0 aromatic carbocycles. The topological polar surface area (TPSA) is 52.7 Å². The Morgan fingerprint density at radius 2 is 1.71 bits per heavy atom. The zero-order chi connectivity index (χ0) is 15.3. The number of piperidine rings is 1. The van der Waals surface area contributed by atoms with E-state index in [2.05, 4.69) is 12.2 Å². The van der Waals surface area contributed by atoms with Gasteiger partial charge in [-0.3, -0.25) is 0 Å². The SMILES string of the molecule is CCNCC1CCN(S(=O)(=O)N(CC)C2CCCC2)CC1. The van der Waals surface area contributed by atoms with Crippen molar-refractivity contribution in [2.24, 2.45) is 5.92 Å². The van der Waals surface area contributed by atoms with E-state index in [-0.39, 0.29) is 6.04 Å². The van der Waals surface area contributed by atoms with Gasteiger partial charge < -0.3 is 5.32 Å². The first-order chi connectivity index (χ1) is 10.1. The average Bonchev–Trinajstić information content (AvgIpc) is 3.00. The van der Waals surface area contributed by atoms with Gasteiger partial charge in [-0.2, -0.15) is 17.0 Å². The van der Waals surface area contributed by atoms with Crippen molar-refractivity contribution in [3.05, 3.63) is 0 Å². The Bertz CT molecular complexity index is 399. The number of hydrogen-bond donors (Lipinski definition) is 1. The Morgan fingerprint density at radius 1 is 1.10 bits per heavy atom. The summed E-state index contributed by atoms with van der Waals surface area (Å²) in [6.07, 6.45) is 6.36. The maximum absolute atomic E-state index is 12.9. The molecular weight excluding hydrogens is 286 g/mol. The zero-order valence-electron chi connectivity index (χ0n) is 13.6. The van der Waals surface area contributed by atoms with Crippen LogP contribution < -0.4 is 5.32 Å². The van der Waals surface area contributed by atoms with Gasteiger partial charge in [-0.15, -0.1) is 0 Å². The molecule has 0 unspecified atom stereocenters. The number of nitrogens with zero attached hydrogens (tertiary/aromatic N) is 2. The molecule has 2 aliphatic rings. The second-order valence-corrected chi connectivity index (χ2v) is 8.18. The van der Waals surface area contributed by atoms with Gasteiger partial charge in [0.05, 0.1) is 0 Å². The molecule has 21 heavy (non-hydrogen) atoms. The summed E-state index contributed by atoms with van der Waals surface area (Å²) in [5.74, 6) is 0.623. The molecule has 1 saturated carbocycles. The second-order valence-electron chi connectivity index (χ2n) is 6.30. The summed E-state index contributed by atoms with van der Waals surface area (Å²) >= 11 is 0. The summed E-state index contributed by atoms with van der Waals surface area (Å²) < 4.78 is 29.2. The Labute approximate surface area is 130 Å². The molecule has 1 N–H and O–H groups in total. The van der Waals surface area contributed by atoms with E-state index in [4.69, 9.17) is 0 Å². The molecule has 0 radical (unpaired) electrons. The lowest BCUT2D eigenvalue weighted by molar-refractivity contribution is 0.237. The largest absolute Gasteiger partial charge is 0.317 e. The van der Waals surface area contributed by atoms with Crippen LogP contribution in [0.2, 0.25) is 0 Å². The Hall–Kier alpha value is -0.170. The third-order valence-corrected chi connectivity index (χ3v) is 7.09. The molecule has 1 aliphatic heterocycles. The molecule has 124 valence electrons. The van der Waals surface area contributed by atoms with Gasteiger partial charge in [-0.05, 0) is 44.7 Å². The second kappa shape index (κ2) is 7.90. The van der Waals surface area contributed by atoms with Gasteiger partial charge in [0.2, 0.25) is 0 Å². The van der Waals surface area contributed by atoms with E-state index in [1.807, 2.05) is 6.92 Å². The minimum Gasteiger partial charge on any atom is -0.317 e. The van der Waals surface area contributed by atoms with Crippen LogP contribution >= 0.6 is 0 Å². The van der Waals surface area contributed by atoms with Crippen LogP contribution in [0.15, 0.2) is 0 Å². The third kappa shape index (κ3) is 4.18. The van der Waals surface area contributed by atoms with Crippen molar-refractivity contribution in [2.45, 2.75) is 58.4 Å². The van der Waals surface area contributed by atoms with E-state index in [0.29, 0.717) is 25.6 Å². The molecule has 1 heterocycles. The van der Waals surface area contributed by atoms with Crippen LogP contribution in [0.4, 0.5) is 0 Å². The van der Waals surface area contributed by atoms with Gasteiger partial charge in [0.1, 0.15) is 0 Å². The van der Waals surface area contributed by atoms with Gasteiger partial charge in [0, 0.05) is 25.7 Å². The quantitative estimate of drug-likeness (QED) is 0.779. The van der Waals surface area contributed by atoms with Gasteiger partial charge in [-0.25, -0.2) is 0 Å². The van der Waals surface area contributed by atoms with E-state index >= 15 is 0 Å². The third-order valence-electron chi connectivity index (χ3n) is 4.92. The summed E-state index contributed by atoms with van der Waals surface area (Å²) in [6.45, 7) is 8.05. The van der Waals surface area contributed by atoms with Crippen molar-refractivity contribution in [1.29, 1.82) is 0 Å². The lowest BCUT2D eigenvalue weighted by Crippen LogP contribution is -2.50. The summed E-state index contributed by atoms with van der Waals surface area (Å²) in [6, 6.07) is 0.236. The van der Waals surface area contributed by atoms with E-state index in [0.717, 1.165) is 38.8 Å². The molecule has 0 spiro atoms. The summed E-state index contributed by atoms with van der Waals surface area (Å²) in [7, 11) is -3.26. The standard InChI is InChI=1S/C15H31N3O2S/c1-3-16-13-14-9-11-17(12-10-14)21(19,20)18(4-2)15-7-5-6-8-15/h14-16H,3-13H2,1-2H3. The Morgan fingerprint density at radius 3 is 2.24 bits per heavy atom. The highest BCUT2D eigenvalue weighted by Crippen LogP contribution is 2.28. The van der Waals surface area contributed by atoms with Gasteiger partial charge in [0.15, 0.2) is 0 Å². The molecule has 2 rings (SSSR count). The monoisotopic (exact) mass is 317 g/mol. The molecule has 6 heteroatoms. The first-order valence-electron chi connectivity index (χ1n) is 8.57. The first kappa shape index (κ1) is 17.2. The van der Waals surface area contributed by atoms with Crippen LogP contribution in [0.5, 0.6) is 0 Å². The highest BCUT2D eigenvalue weighted by Gasteiger charge is 2.36. The van der Waals surface area contributed by atoms with Crippen molar-refractivity contribution in [3.63, 3.8) is 0 Å². The molecule has 0 atom stereocenters. The van der Waals surface area contributed by atoms with Crippen LogP contribution in [0.3, 0.4) is 0 Å². The molecule has 1 aliphatic carbocycles. The van der Waals surface area contributed by atoms with Crippen molar-refractivity contribution < 1.29 is 8.42 Å². The van der Waals surface area contributed by atoms with Crippen LogP contribution in [-0.4, -0.2) is 55.8 Å². The Balaban J connectivity index is 1.93.